The van der Waals surface area contributed by atoms with Gasteiger partial charge in [-0.1, -0.05) is 12.6 Å². The third kappa shape index (κ3) is 5.23. The summed E-state index contributed by atoms with van der Waals surface area (Å²) < 4.78 is 17.4. The highest BCUT2D eigenvalue weighted by atomic mass is 79.9. The molecule has 0 N–H and O–H groups in total. The fourth-order valence-corrected chi connectivity index (χ4v) is 3.47. The number of benzene rings is 2. The van der Waals surface area contributed by atoms with Crippen molar-refractivity contribution in [3.63, 3.8) is 0 Å². The number of halogens is 1. The van der Waals surface area contributed by atoms with Crippen molar-refractivity contribution in [2.45, 2.75) is 20.8 Å². The lowest BCUT2D eigenvalue weighted by atomic mass is 10.1. The number of nitro benzene ring substituents is 1. The first-order valence-corrected chi connectivity index (χ1v) is 10.5. The van der Waals surface area contributed by atoms with E-state index in [0.29, 0.717) is 45.9 Å². The minimum absolute atomic E-state index is 0.00913. The van der Waals surface area contributed by atoms with Crippen LogP contribution < -0.4 is 9.47 Å². The monoisotopic (exact) mass is 500 g/mol. The van der Waals surface area contributed by atoms with E-state index in [1.54, 1.807) is 37.3 Å². The number of ether oxygens (including phenoxy) is 3. The van der Waals surface area contributed by atoms with Crippen LogP contribution in [0.4, 0.5) is 5.69 Å². The molecule has 0 aromatic heterocycles. The first kappa shape index (κ1) is 23.2. The summed E-state index contributed by atoms with van der Waals surface area (Å²) in [6.45, 7) is 9.93. The molecule has 0 aliphatic carbocycles. The molecule has 2 aromatic rings. The molecular weight excluding hydrogens is 480 g/mol. The Morgan fingerprint density at radius 3 is 2.72 bits per heavy atom. The molecule has 0 saturated carbocycles. The summed E-state index contributed by atoms with van der Waals surface area (Å²) in [5.74, 6) is 0.386. The number of cyclic esters (lactones) is 1. The Kier molecular flexibility index (Phi) is 7.09. The molecule has 1 aliphatic heterocycles. The van der Waals surface area contributed by atoms with Crippen molar-refractivity contribution in [3.8, 4) is 11.5 Å². The lowest BCUT2D eigenvalue weighted by Gasteiger charge is -2.14. The van der Waals surface area contributed by atoms with Crippen LogP contribution in [0.25, 0.3) is 6.08 Å². The van der Waals surface area contributed by atoms with Crippen LogP contribution in [0, 0.1) is 17.0 Å². The minimum Gasteiger partial charge on any atom is -0.490 e. The molecule has 32 heavy (non-hydrogen) atoms. The van der Waals surface area contributed by atoms with Gasteiger partial charge in [0.1, 0.15) is 6.61 Å². The van der Waals surface area contributed by atoms with Crippen molar-refractivity contribution in [3.05, 3.63) is 79.5 Å². The van der Waals surface area contributed by atoms with Gasteiger partial charge in [0.25, 0.3) is 5.69 Å². The number of aryl methyl sites for hydroxylation is 1. The molecule has 8 nitrogen and oxygen atoms in total. The zero-order valence-corrected chi connectivity index (χ0v) is 19.4. The number of hydrogen-bond donors (Lipinski definition) is 0. The largest absolute Gasteiger partial charge is 0.490 e. The van der Waals surface area contributed by atoms with E-state index in [-0.39, 0.29) is 17.3 Å². The van der Waals surface area contributed by atoms with E-state index in [1.807, 2.05) is 13.8 Å². The average molecular weight is 501 g/mol. The Labute approximate surface area is 193 Å². The van der Waals surface area contributed by atoms with Gasteiger partial charge in [-0.3, -0.25) is 10.1 Å². The molecule has 9 heteroatoms. The van der Waals surface area contributed by atoms with Crippen molar-refractivity contribution in [2.24, 2.45) is 4.99 Å². The standard InChI is InChI=1S/C23H21BrN2O6/c1-5-30-20-10-15(8-17(24)21(20)31-12-13(2)3)9-18-23(27)32-22(25-18)16-7-6-14(4)19(11-16)26(28)29/h6-11H,2,5,12H2,1,3-4H3/b18-9-. The third-order valence-corrected chi connectivity index (χ3v) is 4.96. The van der Waals surface area contributed by atoms with Gasteiger partial charge in [-0.15, -0.1) is 0 Å². The zero-order valence-electron chi connectivity index (χ0n) is 17.8. The second-order valence-corrected chi connectivity index (χ2v) is 7.96. The van der Waals surface area contributed by atoms with Crippen LogP contribution in [-0.2, 0) is 9.53 Å². The summed E-state index contributed by atoms with van der Waals surface area (Å²) in [6.07, 6.45) is 1.55. The van der Waals surface area contributed by atoms with Crippen molar-refractivity contribution >= 4 is 39.6 Å². The molecule has 0 spiro atoms. The van der Waals surface area contributed by atoms with Gasteiger partial charge in [0.05, 0.1) is 16.0 Å². The van der Waals surface area contributed by atoms with Crippen LogP contribution >= 0.6 is 15.9 Å². The first-order chi connectivity index (χ1) is 15.2. The van der Waals surface area contributed by atoms with Crippen LogP contribution in [0.1, 0.15) is 30.5 Å². The van der Waals surface area contributed by atoms with E-state index in [4.69, 9.17) is 14.2 Å². The molecule has 1 aliphatic rings. The summed E-state index contributed by atoms with van der Waals surface area (Å²) in [5.41, 5.74) is 2.33. The number of hydrogen-bond acceptors (Lipinski definition) is 7. The van der Waals surface area contributed by atoms with Crippen molar-refractivity contribution < 1.29 is 23.9 Å². The van der Waals surface area contributed by atoms with Crippen LogP contribution in [0.15, 0.2) is 57.6 Å². The number of carbonyl (C=O) groups excluding carboxylic acids is 1. The second kappa shape index (κ2) is 9.78. The van der Waals surface area contributed by atoms with E-state index in [2.05, 4.69) is 27.5 Å². The zero-order chi connectivity index (χ0) is 23.4. The van der Waals surface area contributed by atoms with Gasteiger partial charge < -0.3 is 14.2 Å². The molecule has 0 bridgehead atoms. The topological polar surface area (TPSA) is 100 Å². The van der Waals surface area contributed by atoms with Crippen LogP contribution in [0.2, 0.25) is 0 Å². The number of rotatable bonds is 8. The Morgan fingerprint density at radius 2 is 2.06 bits per heavy atom. The fraction of sp³-hybridized carbons (Fsp3) is 0.217. The number of aliphatic imine (C=N–C) groups is 1. The first-order valence-electron chi connectivity index (χ1n) is 9.71. The van der Waals surface area contributed by atoms with E-state index in [0.717, 1.165) is 5.57 Å². The van der Waals surface area contributed by atoms with Gasteiger partial charge in [-0.05, 0) is 72.1 Å². The fourth-order valence-electron chi connectivity index (χ4n) is 2.90. The highest BCUT2D eigenvalue weighted by Crippen LogP contribution is 2.38. The lowest BCUT2D eigenvalue weighted by molar-refractivity contribution is -0.385. The maximum Gasteiger partial charge on any atom is 0.363 e. The lowest BCUT2D eigenvalue weighted by Crippen LogP contribution is -2.06. The number of nitro groups is 1. The predicted molar refractivity (Wildman–Crippen MR) is 124 cm³/mol. The molecule has 0 fully saturated rings. The van der Waals surface area contributed by atoms with Crippen molar-refractivity contribution in [1.29, 1.82) is 0 Å². The minimum atomic E-state index is -0.653. The maximum atomic E-state index is 12.4. The summed E-state index contributed by atoms with van der Waals surface area (Å²) in [6, 6.07) is 8.03. The number of esters is 1. The molecule has 0 unspecified atom stereocenters. The molecule has 0 amide bonds. The molecule has 1 heterocycles. The normalized spacial score (nSPS) is 14.2. The Bertz CT molecular complexity index is 1170. The van der Waals surface area contributed by atoms with E-state index < -0.39 is 10.9 Å². The van der Waals surface area contributed by atoms with Crippen LogP contribution in [0.5, 0.6) is 11.5 Å². The van der Waals surface area contributed by atoms with E-state index in [9.17, 15) is 14.9 Å². The summed E-state index contributed by atoms with van der Waals surface area (Å²) in [7, 11) is 0. The maximum absolute atomic E-state index is 12.4. The van der Waals surface area contributed by atoms with Crippen molar-refractivity contribution in [2.75, 3.05) is 13.2 Å². The van der Waals surface area contributed by atoms with Crippen molar-refractivity contribution in [1.82, 2.24) is 0 Å². The van der Waals surface area contributed by atoms with Gasteiger partial charge in [0.15, 0.2) is 17.2 Å². The second-order valence-electron chi connectivity index (χ2n) is 7.10. The average Bonchev–Trinajstić information content (AvgIpc) is 3.07. The highest BCUT2D eigenvalue weighted by molar-refractivity contribution is 9.10. The van der Waals surface area contributed by atoms with Gasteiger partial charge in [0.2, 0.25) is 5.90 Å². The molecule has 0 radical (unpaired) electrons. The molecule has 3 rings (SSSR count). The Hall–Kier alpha value is -3.46. The molecule has 166 valence electrons. The van der Waals surface area contributed by atoms with Gasteiger partial charge in [0, 0.05) is 17.2 Å². The van der Waals surface area contributed by atoms with E-state index >= 15 is 0 Å². The van der Waals surface area contributed by atoms with Gasteiger partial charge in [-0.2, -0.15) is 0 Å². The molecule has 2 aromatic carbocycles. The van der Waals surface area contributed by atoms with Crippen LogP contribution in [-0.4, -0.2) is 30.0 Å². The Morgan fingerprint density at radius 1 is 1.31 bits per heavy atom. The number of carbonyl (C=O) groups is 1. The van der Waals surface area contributed by atoms with Crippen LogP contribution in [0.3, 0.4) is 0 Å². The van der Waals surface area contributed by atoms with Gasteiger partial charge >= 0.3 is 5.97 Å². The SMILES string of the molecule is C=C(C)COc1c(Br)cc(/C=C2\N=C(c3ccc(C)c([N+](=O)[O-])c3)OC2=O)cc1OCC. The Balaban J connectivity index is 1.96. The molecular formula is C23H21BrN2O6. The third-order valence-electron chi connectivity index (χ3n) is 4.37. The highest BCUT2D eigenvalue weighted by Gasteiger charge is 2.26. The number of nitrogens with zero attached hydrogens (tertiary/aromatic N) is 2. The molecule has 0 atom stereocenters. The summed E-state index contributed by atoms with van der Waals surface area (Å²) in [5, 5.41) is 11.2. The van der Waals surface area contributed by atoms with Gasteiger partial charge in [-0.25, -0.2) is 9.79 Å². The molecule has 0 saturated heterocycles. The quantitative estimate of drug-likeness (QED) is 0.159. The smallest absolute Gasteiger partial charge is 0.363 e. The van der Waals surface area contributed by atoms with E-state index in [1.165, 1.54) is 6.07 Å². The summed E-state index contributed by atoms with van der Waals surface area (Å²) in [4.78, 5) is 27.3. The predicted octanol–water partition coefficient (Wildman–Crippen LogP) is 5.36. The summed E-state index contributed by atoms with van der Waals surface area (Å²) >= 11 is 3.48.